The second-order valence-corrected chi connectivity index (χ2v) is 20.2. The molecule has 0 heterocycles. The monoisotopic (exact) mass is 859 g/mol. The lowest BCUT2D eigenvalue weighted by atomic mass is 10.0. The number of benzene rings is 1. The van der Waals surface area contributed by atoms with Crippen molar-refractivity contribution in [2.24, 2.45) is 0 Å². The van der Waals surface area contributed by atoms with Gasteiger partial charge in [-0.05, 0) is 31.9 Å². The summed E-state index contributed by atoms with van der Waals surface area (Å²) in [5.41, 5.74) is 0.926. The summed E-state index contributed by atoms with van der Waals surface area (Å²) in [5.74, 6) is 0. The highest BCUT2D eigenvalue weighted by Gasteiger charge is 2.29. The minimum atomic E-state index is -4.13. The molecule has 1 aromatic carbocycles. The largest absolute Gasteiger partial charge is 0.379 e. The molecule has 1 aromatic rings. The quantitative estimate of drug-likeness (QED) is 0.0363. The van der Waals surface area contributed by atoms with Crippen LogP contribution in [0.3, 0.4) is 0 Å². The second-order valence-electron chi connectivity index (χ2n) is 16.6. The Balaban J connectivity index is 2.17. The maximum Gasteiger partial charge on any atom is 0.357 e. The fourth-order valence-corrected chi connectivity index (χ4v) is 9.80. The van der Waals surface area contributed by atoms with Gasteiger partial charge in [0.05, 0.1) is 31.3 Å². The van der Waals surface area contributed by atoms with E-state index in [1.165, 1.54) is 192 Å². The van der Waals surface area contributed by atoms with Gasteiger partial charge in [-0.1, -0.05) is 224 Å². The summed E-state index contributed by atoms with van der Waals surface area (Å²) in [6.45, 7) is 8.16. The van der Waals surface area contributed by atoms with Gasteiger partial charge in [0.25, 0.3) is 10.1 Å². The number of hydrogen-bond acceptors (Lipinski definition) is 8. The summed E-state index contributed by atoms with van der Waals surface area (Å²) >= 11 is 0. The van der Waals surface area contributed by atoms with Crippen molar-refractivity contribution in [2.45, 2.75) is 231 Å². The number of rotatable bonds is 46. The lowest BCUT2D eigenvalue weighted by molar-refractivity contribution is 0.0686. The molecule has 0 aliphatic heterocycles. The molecular weight excluding hydrogens is 768 g/mol. The Morgan fingerprint density at radius 2 is 0.707 bits per heavy atom. The molecule has 0 saturated heterocycles. The van der Waals surface area contributed by atoms with Crippen molar-refractivity contribution in [1.82, 2.24) is 0 Å². The molecule has 58 heavy (non-hydrogen) atoms. The fraction of sp³-hybridized carbons (Fsp3) is 0.875. The molecule has 0 spiro atoms. The molecule has 0 N–H and O–H groups in total. The van der Waals surface area contributed by atoms with Crippen molar-refractivity contribution < 1.29 is 35.7 Å². The van der Waals surface area contributed by atoms with Crippen molar-refractivity contribution in [3.8, 4) is 0 Å². The maximum atomic E-state index is 13.6. The molecular formula is C48H91O8PS. The number of hydrogen-bond donors (Lipinski definition) is 0. The Labute approximate surface area is 359 Å². The van der Waals surface area contributed by atoms with E-state index < -0.39 is 24.1 Å². The standard InChI is InChI=1S/C48H91O8PS/c1-4-6-8-10-12-14-16-18-20-22-24-26-28-30-32-34-40-52-42-44-54-57(49,46-56-58(50,51)48-38-36-47(3)37-39-48)55-45-43-53-41-35-33-31-29-27-25-23-21-19-17-15-13-11-9-7-5-2/h36-39H,4-35,40-46H2,1-3H3. The molecule has 0 unspecified atom stereocenters. The van der Waals surface area contributed by atoms with Crippen molar-refractivity contribution in [2.75, 3.05) is 46.0 Å². The van der Waals surface area contributed by atoms with Crippen LogP contribution in [0.25, 0.3) is 0 Å². The summed E-state index contributed by atoms with van der Waals surface area (Å²) in [5, 5.41) is 0. The zero-order valence-corrected chi connectivity index (χ0v) is 39.7. The van der Waals surface area contributed by atoms with Gasteiger partial charge in [0.1, 0.15) is 0 Å². The molecule has 0 aliphatic carbocycles. The van der Waals surface area contributed by atoms with Crippen LogP contribution < -0.4 is 0 Å². The predicted octanol–water partition coefficient (Wildman–Crippen LogP) is 15.4. The molecule has 10 heteroatoms. The first-order valence-electron chi connectivity index (χ1n) is 24.3. The van der Waals surface area contributed by atoms with Crippen LogP contribution in [0.15, 0.2) is 29.2 Å². The van der Waals surface area contributed by atoms with E-state index in [1.54, 1.807) is 12.1 Å². The highest BCUT2D eigenvalue weighted by atomic mass is 32.2. The minimum Gasteiger partial charge on any atom is -0.379 e. The van der Waals surface area contributed by atoms with Crippen LogP contribution in [0.2, 0.25) is 0 Å². The summed E-state index contributed by atoms with van der Waals surface area (Å²) in [6.07, 6.45) is 41.6. The van der Waals surface area contributed by atoms with Gasteiger partial charge in [-0.2, -0.15) is 8.42 Å². The maximum absolute atomic E-state index is 13.6. The van der Waals surface area contributed by atoms with Crippen molar-refractivity contribution in [3.05, 3.63) is 29.8 Å². The molecule has 8 nitrogen and oxygen atoms in total. The van der Waals surface area contributed by atoms with Crippen molar-refractivity contribution >= 4 is 17.7 Å². The third kappa shape index (κ3) is 34.9. The van der Waals surface area contributed by atoms with Crippen molar-refractivity contribution in [1.29, 1.82) is 0 Å². The van der Waals surface area contributed by atoms with Gasteiger partial charge in [0.15, 0.2) is 6.35 Å². The summed E-state index contributed by atoms with van der Waals surface area (Å²) in [7, 11) is -8.03. The normalized spacial score (nSPS) is 12.2. The number of unbranched alkanes of at least 4 members (excludes halogenated alkanes) is 30. The molecule has 0 bridgehead atoms. The molecule has 0 saturated carbocycles. The topological polar surface area (TPSA) is 97.4 Å². The van der Waals surface area contributed by atoms with Gasteiger partial charge in [-0.3, -0.25) is 8.75 Å². The Bertz CT molecular complexity index is 1110. The highest BCUT2D eigenvalue weighted by Crippen LogP contribution is 2.48. The molecule has 0 fully saturated rings. The molecule has 0 amide bonds. The molecule has 0 atom stereocenters. The van der Waals surface area contributed by atoms with E-state index in [4.69, 9.17) is 22.7 Å². The van der Waals surface area contributed by atoms with E-state index in [9.17, 15) is 13.0 Å². The van der Waals surface area contributed by atoms with Gasteiger partial charge < -0.3 is 18.5 Å². The highest BCUT2D eigenvalue weighted by molar-refractivity contribution is 7.87. The average Bonchev–Trinajstić information content (AvgIpc) is 3.22. The van der Waals surface area contributed by atoms with Crippen LogP contribution in [0.1, 0.15) is 225 Å². The molecule has 342 valence electrons. The molecule has 0 aliphatic rings. The van der Waals surface area contributed by atoms with Gasteiger partial charge in [-0.15, -0.1) is 0 Å². The van der Waals surface area contributed by atoms with E-state index >= 15 is 0 Å². The van der Waals surface area contributed by atoms with E-state index in [-0.39, 0.29) is 31.3 Å². The summed E-state index contributed by atoms with van der Waals surface area (Å²) in [6, 6.07) is 6.32. The van der Waals surface area contributed by atoms with Crippen molar-refractivity contribution in [3.63, 3.8) is 0 Å². The van der Waals surface area contributed by atoms with Gasteiger partial charge >= 0.3 is 7.60 Å². The Kier molecular flexibility index (Phi) is 38.4. The van der Waals surface area contributed by atoms with E-state index in [2.05, 4.69) is 13.8 Å². The Morgan fingerprint density at radius 1 is 0.414 bits per heavy atom. The third-order valence-electron chi connectivity index (χ3n) is 11.0. The van der Waals surface area contributed by atoms with Gasteiger partial charge in [-0.25, -0.2) is 0 Å². The third-order valence-corrected chi connectivity index (χ3v) is 14.0. The zero-order valence-electron chi connectivity index (χ0n) is 38.0. The van der Waals surface area contributed by atoms with Crippen LogP contribution in [0.4, 0.5) is 0 Å². The predicted molar refractivity (Wildman–Crippen MR) is 245 cm³/mol. The zero-order chi connectivity index (χ0) is 42.1. The van der Waals surface area contributed by atoms with E-state index in [0.29, 0.717) is 13.2 Å². The summed E-state index contributed by atoms with van der Waals surface area (Å²) in [4.78, 5) is -0.00563. The van der Waals surface area contributed by atoms with Gasteiger partial charge in [0.2, 0.25) is 0 Å². The Morgan fingerprint density at radius 3 is 1.02 bits per heavy atom. The lowest BCUT2D eigenvalue weighted by Gasteiger charge is -2.19. The smallest absolute Gasteiger partial charge is 0.357 e. The average molecular weight is 859 g/mol. The lowest BCUT2D eigenvalue weighted by Crippen LogP contribution is -2.14. The van der Waals surface area contributed by atoms with Gasteiger partial charge in [0, 0.05) is 13.2 Å². The van der Waals surface area contributed by atoms with Crippen LogP contribution in [-0.2, 0) is 37.4 Å². The minimum absolute atomic E-state index is 0.00563. The van der Waals surface area contributed by atoms with Crippen LogP contribution >= 0.6 is 7.60 Å². The van der Waals surface area contributed by atoms with E-state index in [0.717, 1.165) is 31.2 Å². The first kappa shape index (κ1) is 55.2. The van der Waals surface area contributed by atoms with E-state index in [1.807, 2.05) is 6.92 Å². The fourth-order valence-electron chi connectivity index (χ4n) is 7.20. The SMILES string of the molecule is CCCCCCCCCCCCCCCCCCOCCOP(=O)(COS(=O)(=O)c1ccc(C)cc1)OCCOCCCCCCCCCCCCCCCCCC. The first-order chi connectivity index (χ1) is 28.3. The molecule has 1 rings (SSSR count). The number of aryl methyl sites for hydroxylation is 1. The van der Waals surface area contributed by atoms with Crippen LogP contribution in [0, 0.1) is 6.92 Å². The van der Waals surface area contributed by atoms with Crippen LogP contribution in [0.5, 0.6) is 0 Å². The molecule has 0 aromatic heterocycles. The van der Waals surface area contributed by atoms with Crippen LogP contribution in [-0.4, -0.2) is 54.4 Å². The number of ether oxygens (including phenoxy) is 2. The first-order valence-corrected chi connectivity index (χ1v) is 27.5. The molecule has 0 radical (unpaired) electrons. The Hall–Kier alpha value is -0.800. The second kappa shape index (κ2) is 40.3. The summed E-state index contributed by atoms with van der Waals surface area (Å²) < 4.78 is 67.1.